The number of aliphatic hydroxyl groups is 1. The van der Waals surface area contributed by atoms with Crippen LogP contribution in [0, 0.1) is 11.3 Å². The van der Waals surface area contributed by atoms with E-state index in [0.717, 1.165) is 12.1 Å². The number of benzene rings is 1. The van der Waals surface area contributed by atoms with Gasteiger partial charge < -0.3 is 16.2 Å². The number of amides is 1. The van der Waals surface area contributed by atoms with Crippen molar-refractivity contribution in [1.29, 1.82) is 5.26 Å². The van der Waals surface area contributed by atoms with Gasteiger partial charge in [0.25, 0.3) is 5.91 Å². The van der Waals surface area contributed by atoms with Gasteiger partial charge in [-0.05, 0) is 25.1 Å². The topological polar surface area (TPSA) is 117 Å². The molecular weight excluding hydrogens is 339 g/mol. The summed E-state index contributed by atoms with van der Waals surface area (Å²) in [6, 6.07) is 4.17. The number of nitriles is 1. The van der Waals surface area contributed by atoms with E-state index in [1.165, 1.54) is 30.1 Å². The molecule has 1 atom stereocenters. The van der Waals surface area contributed by atoms with Crippen LogP contribution in [0.5, 0.6) is 0 Å². The fourth-order valence-corrected chi connectivity index (χ4v) is 2.07. The number of rotatable bonds is 4. The molecular formula is C15H14F3N5O2. The van der Waals surface area contributed by atoms with Crippen molar-refractivity contribution in [3.63, 3.8) is 0 Å². The number of hydrogen-bond acceptors (Lipinski definition) is 5. The van der Waals surface area contributed by atoms with Gasteiger partial charge in [-0.1, -0.05) is 0 Å². The Morgan fingerprint density at radius 3 is 2.68 bits per heavy atom. The molecule has 0 aliphatic rings. The molecule has 2 aromatic rings. The minimum Gasteiger partial charge on any atom is -0.396 e. The quantitative estimate of drug-likeness (QED) is 0.774. The Balaban J connectivity index is 2.21. The Hall–Kier alpha value is -3.06. The number of nitrogens with one attached hydrogen (secondary N) is 1. The molecule has 0 saturated carbocycles. The fourth-order valence-electron chi connectivity index (χ4n) is 2.07. The Morgan fingerprint density at radius 2 is 2.16 bits per heavy atom. The summed E-state index contributed by atoms with van der Waals surface area (Å²) in [7, 11) is 0. The van der Waals surface area contributed by atoms with Crippen LogP contribution in [0.4, 0.5) is 24.5 Å². The molecule has 2 rings (SSSR count). The van der Waals surface area contributed by atoms with E-state index in [2.05, 4.69) is 10.4 Å². The maximum Gasteiger partial charge on any atom is 0.417 e. The lowest BCUT2D eigenvalue weighted by atomic mass is 10.0. The molecule has 1 heterocycles. The van der Waals surface area contributed by atoms with Crippen molar-refractivity contribution >= 4 is 17.3 Å². The molecule has 0 unspecified atom stereocenters. The van der Waals surface area contributed by atoms with Crippen LogP contribution < -0.4 is 11.1 Å². The zero-order valence-corrected chi connectivity index (χ0v) is 13.0. The van der Waals surface area contributed by atoms with Crippen molar-refractivity contribution in [2.75, 3.05) is 11.1 Å². The predicted octanol–water partition coefficient (Wildman–Crippen LogP) is 1.75. The Bertz CT molecular complexity index is 836. The van der Waals surface area contributed by atoms with Crippen LogP contribution in [0.1, 0.15) is 18.1 Å². The highest BCUT2D eigenvalue weighted by atomic mass is 19.4. The van der Waals surface area contributed by atoms with Crippen LogP contribution in [-0.4, -0.2) is 26.4 Å². The summed E-state index contributed by atoms with van der Waals surface area (Å²) in [6.45, 7) is 0.937. The molecule has 0 radical (unpaired) electrons. The summed E-state index contributed by atoms with van der Waals surface area (Å²) < 4.78 is 40.1. The van der Waals surface area contributed by atoms with E-state index in [1.807, 2.05) is 0 Å². The number of anilines is 2. The zero-order valence-electron chi connectivity index (χ0n) is 13.0. The lowest BCUT2D eigenvalue weighted by Gasteiger charge is -2.22. The second kappa shape index (κ2) is 6.45. The summed E-state index contributed by atoms with van der Waals surface area (Å²) in [5.41, 5.74) is 1.92. The first-order chi connectivity index (χ1) is 11.5. The van der Waals surface area contributed by atoms with Crippen molar-refractivity contribution in [3.8, 4) is 6.07 Å². The molecule has 0 bridgehead atoms. The van der Waals surface area contributed by atoms with Crippen molar-refractivity contribution in [2.24, 2.45) is 0 Å². The third-order valence-corrected chi connectivity index (χ3v) is 3.32. The van der Waals surface area contributed by atoms with E-state index in [-0.39, 0.29) is 12.2 Å². The van der Waals surface area contributed by atoms with Crippen LogP contribution in [0.2, 0.25) is 0 Å². The Labute approximate surface area is 140 Å². The predicted molar refractivity (Wildman–Crippen MR) is 82.1 cm³/mol. The number of alkyl halides is 3. The highest BCUT2D eigenvalue weighted by Crippen LogP contribution is 2.33. The minimum absolute atomic E-state index is 0.198. The number of nitrogen functional groups attached to an aromatic ring is 1. The normalized spacial score (nSPS) is 13.8. The van der Waals surface area contributed by atoms with Gasteiger partial charge in [0, 0.05) is 11.9 Å². The van der Waals surface area contributed by atoms with Gasteiger partial charge in [0.1, 0.15) is 0 Å². The van der Waals surface area contributed by atoms with Crippen molar-refractivity contribution < 1.29 is 23.1 Å². The van der Waals surface area contributed by atoms with Crippen molar-refractivity contribution in [1.82, 2.24) is 9.78 Å². The first-order valence-electron chi connectivity index (χ1n) is 6.96. The van der Waals surface area contributed by atoms with Gasteiger partial charge in [-0.25, -0.2) is 0 Å². The van der Waals surface area contributed by atoms with E-state index in [1.54, 1.807) is 0 Å². The standard InChI is InChI=1S/C15H14F3N5O2/c1-14(25,8-23-7-10(20)6-21-23)13(24)22-11-3-2-9(5-19)12(4-11)15(16,17)18/h2-4,6-7,25H,8,20H2,1H3,(H,22,24)/t14-/m0/s1. The highest BCUT2D eigenvalue weighted by Gasteiger charge is 2.35. The lowest BCUT2D eigenvalue weighted by molar-refractivity contribution is -0.138. The summed E-state index contributed by atoms with van der Waals surface area (Å²) in [5, 5.41) is 25.0. The SMILES string of the molecule is C[C@](O)(Cn1cc(N)cn1)C(=O)Nc1ccc(C#N)c(C(F)(F)F)c1. The number of nitrogens with zero attached hydrogens (tertiary/aromatic N) is 3. The van der Waals surface area contributed by atoms with Crippen LogP contribution >= 0.6 is 0 Å². The number of aromatic nitrogens is 2. The number of hydrogen-bond donors (Lipinski definition) is 3. The molecule has 1 aromatic heterocycles. The number of carbonyl (C=O) groups is 1. The lowest BCUT2D eigenvalue weighted by Crippen LogP contribution is -2.43. The molecule has 1 amide bonds. The Kier molecular flexibility index (Phi) is 4.71. The van der Waals surface area contributed by atoms with Crippen molar-refractivity contribution in [3.05, 3.63) is 41.7 Å². The van der Waals surface area contributed by atoms with Gasteiger partial charge >= 0.3 is 6.18 Å². The number of halogens is 3. The third kappa shape index (κ3) is 4.27. The maximum atomic E-state index is 12.9. The summed E-state index contributed by atoms with van der Waals surface area (Å²) in [5.74, 6) is -0.931. The van der Waals surface area contributed by atoms with Gasteiger partial charge in [0.2, 0.25) is 0 Å². The van der Waals surface area contributed by atoms with E-state index < -0.39 is 28.8 Å². The molecule has 4 N–H and O–H groups in total. The van der Waals surface area contributed by atoms with Gasteiger partial charge in [-0.15, -0.1) is 0 Å². The van der Waals surface area contributed by atoms with Gasteiger partial charge in [0.05, 0.1) is 35.6 Å². The molecule has 10 heteroatoms. The second-order valence-electron chi connectivity index (χ2n) is 5.57. The molecule has 0 saturated heterocycles. The average Bonchev–Trinajstić information content (AvgIpc) is 2.90. The van der Waals surface area contributed by atoms with Gasteiger partial charge in [-0.2, -0.15) is 23.5 Å². The molecule has 132 valence electrons. The van der Waals surface area contributed by atoms with Crippen molar-refractivity contribution in [2.45, 2.75) is 25.2 Å². The maximum absolute atomic E-state index is 12.9. The van der Waals surface area contributed by atoms with Gasteiger partial charge in [-0.3, -0.25) is 9.48 Å². The van der Waals surface area contributed by atoms with Crippen LogP contribution in [0.25, 0.3) is 0 Å². The molecule has 0 spiro atoms. The average molecular weight is 353 g/mol. The summed E-state index contributed by atoms with van der Waals surface area (Å²) in [4.78, 5) is 12.2. The monoisotopic (exact) mass is 353 g/mol. The summed E-state index contributed by atoms with van der Waals surface area (Å²) in [6.07, 6.45) is -2.03. The zero-order chi connectivity index (χ0) is 18.8. The number of carbonyl (C=O) groups excluding carboxylic acids is 1. The van der Waals surface area contributed by atoms with E-state index in [9.17, 15) is 23.1 Å². The second-order valence-corrected chi connectivity index (χ2v) is 5.57. The van der Waals surface area contributed by atoms with Gasteiger partial charge in [0.15, 0.2) is 5.60 Å². The molecule has 0 fully saturated rings. The highest BCUT2D eigenvalue weighted by molar-refractivity contribution is 5.96. The van der Waals surface area contributed by atoms with Crippen LogP contribution in [0.3, 0.4) is 0 Å². The molecule has 0 aliphatic heterocycles. The molecule has 25 heavy (non-hydrogen) atoms. The van der Waals surface area contributed by atoms with E-state index in [0.29, 0.717) is 11.8 Å². The fraction of sp³-hybridized carbons (Fsp3) is 0.267. The summed E-state index contributed by atoms with van der Waals surface area (Å²) >= 11 is 0. The first-order valence-corrected chi connectivity index (χ1v) is 6.96. The molecule has 0 aliphatic carbocycles. The minimum atomic E-state index is -4.75. The smallest absolute Gasteiger partial charge is 0.396 e. The third-order valence-electron chi connectivity index (χ3n) is 3.32. The van der Waals surface area contributed by atoms with E-state index in [4.69, 9.17) is 11.0 Å². The van der Waals surface area contributed by atoms with Crippen LogP contribution in [0.15, 0.2) is 30.6 Å². The molecule has 1 aromatic carbocycles. The first kappa shape index (κ1) is 18.3. The number of nitrogens with two attached hydrogens (primary N) is 1. The van der Waals surface area contributed by atoms with Crippen LogP contribution in [-0.2, 0) is 17.5 Å². The largest absolute Gasteiger partial charge is 0.417 e. The van der Waals surface area contributed by atoms with E-state index >= 15 is 0 Å². The Morgan fingerprint density at radius 1 is 1.48 bits per heavy atom. The molecule has 7 nitrogen and oxygen atoms in total.